The Hall–Kier alpha value is -2.69. The van der Waals surface area contributed by atoms with Crippen LogP contribution in [0.15, 0.2) is 30.3 Å². The second-order valence-corrected chi connectivity index (χ2v) is 6.42. The minimum absolute atomic E-state index is 0.0599. The third-order valence-corrected chi connectivity index (χ3v) is 4.12. The van der Waals surface area contributed by atoms with Gasteiger partial charge in [-0.15, -0.1) is 0 Å². The van der Waals surface area contributed by atoms with Crippen molar-refractivity contribution in [3.63, 3.8) is 0 Å². The lowest BCUT2D eigenvalue weighted by molar-refractivity contribution is 0.0934. The minimum Gasteiger partial charge on any atom is -0.348 e. The Labute approximate surface area is 148 Å². The summed E-state index contributed by atoms with van der Waals surface area (Å²) < 4.78 is 0. The van der Waals surface area contributed by atoms with Crippen molar-refractivity contribution in [1.82, 2.24) is 10.3 Å². The molecule has 1 aromatic heterocycles. The van der Waals surface area contributed by atoms with E-state index in [4.69, 9.17) is 0 Å². The Morgan fingerprint density at radius 3 is 2.16 bits per heavy atom. The molecule has 2 rings (SSSR count). The molecule has 5 heteroatoms. The molecule has 0 radical (unpaired) electrons. The number of pyridine rings is 1. The molecule has 0 spiro atoms. The summed E-state index contributed by atoms with van der Waals surface area (Å²) in [7, 11) is 0. The van der Waals surface area contributed by atoms with Crippen molar-refractivity contribution < 1.29 is 9.59 Å². The highest BCUT2D eigenvalue weighted by Crippen LogP contribution is 2.22. The molecule has 0 saturated heterocycles. The van der Waals surface area contributed by atoms with Gasteiger partial charge in [0.1, 0.15) is 11.4 Å². The second kappa shape index (κ2) is 7.92. The van der Waals surface area contributed by atoms with Crippen molar-refractivity contribution in [1.29, 1.82) is 0 Å². The summed E-state index contributed by atoms with van der Waals surface area (Å²) in [4.78, 5) is 28.9. The van der Waals surface area contributed by atoms with Gasteiger partial charge in [0.05, 0.1) is 0 Å². The first-order chi connectivity index (χ1) is 11.8. The number of nitrogens with zero attached hydrogens (tertiary/aromatic N) is 1. The molecule has 1 heterocycles. The van der Waals surface area contributed by atoms with Crippen molar-refractivity contribution >= 4 is 17.5 Å². The van der Waals surface area contributed by atoms with Crippen LogP contribution in [0.5, 0.6) is 0 Å². The Balaban J connectivity index is 2.21. The minimum atomic E-state index is -0.326. The molecule has 2 N–H and O–H groups in total. The van der Waals surface area contributed by atoms with E-state index in [1.807, 2.05) is 46.8 Å². The van der Waals surface area contributed by atoms with Crippen LogP contribution in [0.4, 0.5) is 5.69 Å². The number of aromatic nitrogens is 1. The number of carbonyl (C=O) groups excluding carboxylic acids is 2. The molecule has 132 valence electrons. The summed E-state index contributed by atoms with van der Waals surface area (Å²) >= 11 is 0. The fraction of sp³-hybridized carbons (Fsp3) is 0.350. The molecule has 0 aliphatic carbocycles. The van der Waals surface area contributed by atoms with E-state index in [1.54, 1.807) is 18.2 Å². The Morgan fingerprint density at radius 2 is 1.60 bits per heavy atom. The number of anilines is 1. The molecule has 2 aromatic rings. The smallest absolute Gasteiger partial charge is 0.274 e. The van der Waals surface area contributed by atoms with Gasteiger partial charge in [-0.1, -0.05) is 30.7 Å². The fourth-order valence-corrected chi connectivity index (χ4v) is 2.64. The van der Waals surface area contributed by atoms with Gasteiger partial charge in [0, 0.05) is 11.7 Å². The van der Waals surface area contributed by atoms with E-state index in [2.05, 4.69) is 15.6 Å². The number of carbonyl (C=O) groups is 2. The highest BCUT2D eigenvalue weighted by molar-refractivity contribution is 6.04. The zero-order chi connectivity index (χ0) is 18.6. The summed E-state index contributed by atoms with van der Waals surface area (Å²) in [5.74, 6) is -0.597. The van der Waals surface area contributed by atoms with Crippen LogP contribution >= 0.6 is 0 Å². The molecule has 0 fully saturated rings. The maximum atomic E-state index is 12.6. The first-order valence-electron chi connectivity index (χ1n) is 8.49. The van der Waals surface area contributed by atoms with Crippen LogP contribution < -0.4 is 10.6 Å². The van der Waals surface area contributed by atoms with Gasteiger partial charge in [-0.25, -0.2) is 4.98 Å². The number of amides is 2. The van der Waals surface area contributed by atoms with E-state index >= 15 is 0 Å². The van der Waals surface area contributed by atoms with E-state index < -0.39 is 0 Å². The third kappa shape index (κ3) is 4.66. The van der Waals surface area contributed by atoms with Crippen molar-refractivity contribution in [2.24, 2.45) is 0 Å². The number of rotatable bonds is 5. The number of hydrogen-bond acceptors (Lipinski definition) is 3. The largest absolute Gasteiger partial charge is 0.348 e. The van der Waals surface area contributed by atoms with E-state index in [9.17, 15) is 9.59 Å². The quantitative estimate of drug-likeness (QED) is 0.870. The average molecular weight is 339 g/mol. The normalized spacial score (nSPS) is 11.7. The monoisotopic (exact) mass is 339 g/mol. The number of nitrogens with one attached hydrogen (secondary N) is 2. The van der Waals surface area contributed by atoms with Crippen LogP contribution in [0.2, 0.25) is 0 Å². The van der Waals surface area contributed by atoms with Crippen LogP contribution in [0.3, 0.4) is 0 Å². The zero-order valence-electron chi connectivity index (χ0n) is 15.4. The van der Waals surface area contributed by atoms with Gasteiger partial charge in [0.25, 0.3) is 11.8 Å². The van der Waals surface area contributed by atoms with Crippen LogP contribution in [0.25, 0.3) is 0 Å². The maximum absolute atomic E-state index is 12.6. The highest BCUT2D eigenvalue weighted by Gasteiger charge is 2.15. The predicted molar refractivity (Wildman–Crippen MR) is 100 cm³/mol. The lowest BCUT2D eigenvalue weighted by Gasteiger charge is -2.13. The van der Waals surface area contributed by atoms with Gasteiger partial charge in [-0.3, -0.25) is 9.59 Å². The van der Waals surface area contributed by atoms with Gasteiger partial charge in [0.2, 0.25) is 0 Å². The molecule has 0 aliphatic rings. The zero-order valence-corrected chi connectivity index (χ0v) is 15.4. The van der Waals surface area contributed by atoms with E-state index in [1.165, 1.54) is 0 Å². The van der Waals surface area contributed by atoms with Crippen molar-refractivity contribution in [2.75, 3.05) is 5.32 Å². The first kappa shape index (κ1) is 18.6. The molecule has 2 amide bonds. The Kier molecular flexibility index (Phi) is 5.91. The molecule has 25 heavy (non-hydrogen) atoms. The highest BCUT2D eigenvalue weighted by atomic mass is 16.2. The molecule has 1 unspecified atom stereocenters. The number of benzene rings is 1. The lowest BCUT2D eigenvalue weighted by atomic mass is 10.0. The number of aryl methyl sites for hydroxylation is 3. The molecular weight excluding hydrogens is 314 g/mol. The summed E-state index contributed by atoms with van der Waals surface area (Å²) in [6.45, 7) is 9.86. The fourth-order valence-electron chi connectivity index (χ4n) is 2.64. The van der Waals surface area contributed by atoms with Gasteiger partial charge >= 0.3 is 0 Å². The molecule has 1 atom stereocenters. The Morgan fingerprint density at radius 1 is 1.04 bits per heavy atom. The van der Waals surface area contributed by atoms with Crippen molar-refractivity contribution in [3.05, 3.63) is 58.4 Å². The van der Waals surface area contributed by atoms with Crippen molar-refractivity contribution in [3.8, 4) is 0 Å². The lowest BCUT2D eigenvalue weighted by Crippen LogP contribution is -2.32. The molecule has 1 aromatic carbocycles. The van der Waals surface area contributed by atoms with Gasteiger partial charge in [-0.05, 0) is 57.4 Å². The van der Waals surface area contributed by atoms with Gasteiger partial charge in [-0.2, -0.15) is 0 Å². The summed E-state index contributed by atoms with van der Waals surface area (Å²) in [5.41, 5.74) is 4.39. The van der Waals surface area contributed by atoms with Crippen LogP contribution in [-0.2, 0) is 0 Å². The summed E-state index contributed by atoms with van der Waals surface area (Å²) in [6, 6.07) is 8.98. The Bertz CT molecular complexity index is 776. The second-order valence-electron chi connectivity index (χ2n) is 6.42. The third-order valence-electron chi connectivity index (χ3n) is 4.12. The van der Waals surface area contributed by atoms with E-state index in [-0.39, 0.29) is 29.2 Å². The first-order valence-corrected chi connectivity index (χ1v) is 8.49. The summed E-state index contributed by atoms with van der Waals surface area (Å²) in [6.07, 6.45) is 0.831. The topological polar surface area (TPSA) is 71.1 Å². The predicted octanol–water partition coefficient (Wildman–Crippen LogP) is 3.79. The SMILES string of the molecule is CCC(C)NC(=O)c1cccc(C(=O)Nc2c(C)cc(C)cc2C)n1. The molecule has 0 saturated carbocycles. The van der Waals surface area contributed by atoms with E-state index in [0.29, 0.717) is 0 Å². The van der Waals surface area contributed by atoms with Crippen LogP contribution in [0.1, 0.15) is 57.9 Å². The van der Waals surface area contributed by atoms with E-state index in [0.717, 1.165) is 28.8 Å². The van der Waals surface area contributed by atoms with Crippen molar-refractivity contribution in [2.45, 2.75) is 47.1 Å². The van der Waals surface area contributed by atoms with Gasteiger partial charge in [0.15, 0.2) is 0 Å². The van der Waals surface area contributed by atoms with Crippen LogP contribution in [-0.4, -0.2) is 22.8 Å². The average Bonchev–Trinajstić information content (AvgIpc) is 2.57. The van der Waals surface area contributed by atoms with Gasteiger partial charge < -0.3 is 10.6 Å². The standard InChI is InChI=1S/C20H25N3O2/c1-6-15(5)21-19(24)16-8-7-9-17(22-16)20(25)23-18-13(3)10-12(2)11-14(18)4/h7-11,15H,6H2,1-5H3,(H,21,24)(H,23,25). The molecule has 0 aliphatic heterocycles. The molecule has 0 bridgehead atoms. The maximum Gasteiger partial charge on any atom is 0.274 e. The number of hydrogen-bond donors (Lipinski definition) is 2. The molecule has 5 nitrogen and oxygen atoms in total. The van der Waals surface area contributed by atoms with Crippen LogP contribution in [0, 0.1) is 20.8 Å². The summed E-state index contributed by atoms with van der Waals surface area (Å²) in [5, 5.41) is 5.76. The molecular formula is C20H25N3O2.